The monoisotopic (exact) mass is 181 g/mol. The Kier molecular flexibility index (Phi) is 1.73. The highest BCUT2D eigenvalue weighted by Gasteiger charge is 2.21. The molecule has 0 spiro atoms. The summed E-state index contributed by atoms with van der Waals surface area (Å²) in [6.07, 6.45) is 1.31. The van der Waals surface area contributed by atoms with E-state index in [1.165, 1.54) is 13.4 Å². The molecule has 1 amide bonds. The SMILES string of the molecule is COc1ncnc2c1NC(=O)CO2. The number of ether oxygens (including phenoxy) is 2. The molecule has 0 aliphatic carbocycles. The summed E-state index contributed by atoms with van der Waals surface area (Å²) in [5.41, 5.74) is 0.390. The van der Waals surface area contributed by atoms with Crippen LogP contribution in [-0.2, 0) is 4.79 Å². The second-order valence-corrected chi connectivity index (χ2v) is 2.40. The molecule has 1 aromatic rings. The second-order valence-electron chi connectivity index (χ2n) is 2.40. The lowest BCUT2D eigenvalue weighted by atomic mass is 10.4. The topological polar surface area (TPSA) is 73.3 Å². The van der Waals surface area contributed by atoms with Gasteiger partial charge in [0.2, 0.25) is 11.8 Å². The highest BCUT2D eigenvalue weighted by molar-refractivity contribution is 5.96. The highest BCUT2D eigenvalue weighted by atomic mass is 16.5. The molecule has 0 saturated carbocycles. The largest absolute Gasteiger partial charge is 0.479 e. The molecule has 0 unspecified atom stereocenters. The first kappa shape index (κ1) is 7.78. The molecule has 13 heavy (non-hydrogen) atoms. The van der Waals surface area contributed by atoms with Crippen LogP contribution < -0.4 is 14.8 Å². The summed E-state index contributed by atoms with van der Waals surface area (Å²) in [5, 5.41) is 2.57. The first-order chi connectivity index (χ1) is 6.31. The molecule has 6 heteroatoms. The summed E-state index contributed by atoms with van der Waals surface area (Å²) in [6, 6.07) is 0. The zero-order chi connectivity index (χ0) is 9.26. The fourth-order valence-electron chi connectivity index (χ4n) is 1.03. The number of hydrogen-bond acceptors (Lipinski definition) is 5. The van der Waals surface area contributed by atoms with E-state index in [2.05, 4.69) is 15.3 Å². The van der Waals surface area contributed by atoms with Crippen molar-refractivity contribution in [3.05, 3.63) is 6.33 Å². The van der Waals surface area contributed by atoms with Gasteiger partial charge in [-0.15, -0.1) is 0 Å². The Morgan fingerprint density at radius 1 is 1.62 bits per heavy atom. The quantitative estimate of drug-likeness (QED) is 0.650. The van der Waals surface area contributed by atoms with Crippen molar-refractivity contribution >= 4 is 11.6 Å². The van der Waals surface area contributed by atoms with E-state index in [1.54, 1.807) is 0 Å². The van der Waals surface area contributed by atoms with Crippen LogP contribution in [0, 0.1) is 0 Å². The number of nitrogens with zero attached hydrogens (tertiary/aromatic N) is 2. The summed E-state index contributed by atoms with van der Waals surface area (Å²) >= 11 is 0. The van der Waals surface area contributed by atoms with Crippen molar-refractivity contribution in [2.75, 3.05) is 19.0 Å². The minimum atomic E-state index is -0.236. The van der Waals surface area contributed by atoms with E-state index in [-0.39, 0.29) is 12.5 Å². The molecular formula is C7H7N3O3. The van der Waals surface area contributed by atoms with Crippen molar-refractivity contribution in [2.24, 2.45) is 0 Å². The van der Waals surface area contributed by atoms with Gasteiger partial charge < -0.3 is 14.8 Å². The van der Waals surface area contributed by atoms with Crippen molar-refractivity contribution in [3.8, 4) is 11.8 Å². The van der Waals surface area contributed by atoms with Gasteiger partial charge in [0, 0.05) is 0 Å². The number of nitrogens with one attached hydrogen (secondary N) is 1. The predicted molar refractivity (Wildman–Crippen MR) is 42.7 cm³/mol. The van der Waals surface area contributed by atoms with E-state index < -0.39 is 0 Å². The van der Waals surface area contributed by atoms with Crippen molar-refractivity contribution < 1.29 is 14.3 Å². The summed E-state index contributed by atoms with van der Waals surface area (Å²) in [7, 11) is 1.46. The van der Waals surface area contributed by atoms with Crippen LogP contribution in [0.2, 0.25) is 0 Å². The molecule has 6 nitrogen and oxygen atoms in total. The van der Waals surface area contributed by atoms with E-state index in [4.69, 9.17) is 9.47 Å². The third-order valence-corrected chi connectivity index (χ3v) is 1.58. The second kappa shape index (κ2) is 2.89. The lowest BCUT2D eigenvalue weighted by molar-refractivity contribution is -0.118. The average Bonchev–Trinajstić information content (AvgIpc) is 2.17. The minimum absolute atomic E-state index is 0.0207. The molecule has 1 aliphatic heterocycles. The Bertz CT molecular complexity index is 339. The Hall–Kier alpha value is -1.85. The van der Waals surface area contributed by atoms with Gasteiger partial charge in [-0.25, -0.2) is 0 Å². The smallest absolute Gasteiger partial charge is 0.262 e. The molecule has 0 saturated heterocycles. The number of aromatic nitrogens is 2. The van der Waals surface area contributed by atoms with Crippen molar-refractivity contribution in [1.29, 1.82) is 0 Å². The molecule has 0 atom stereocenters. The Balaban J connectivity index is 2.46. The van der Waals surface area contributed by atoms with Crippen molar-refractivity contribution in [2.45, 2.75) is 0 Å². The van der Waals surface area contributed by atoms with Crippen LogP contribution in [-0.4, -0.2) is 29.6 Å². The van der Waals surface area contributed by atoms with Gasteiger partial charge in [-0.3, -0.25) is 4.79 Å². The van der Waals surface area contributed by atoms with Crippen LogP contribution in [0.25, 0.3) is 0 Å². The van der Waals surface area contributed by atoms with Gasteiger partial charge in [-0.05, 0) is 0 Å². The highest BCUT2D eigenvalue weighted by Crippen LogP contribution is 2.31. The molecule has 68 valence electrons. The van der Waals surface area contributed by atoms with Crippen LogP contribution in [0.3, 0.4) is 0 Å². The van der Waals surface area contributed by atoms with E-state index in [0.29, 0.717) is 17.4 Å². The number of methoxy groups -OCH3 is 1. The predicted octanol–water partition coefficient (Wildman–Crippen LogP) is -0.184. The lowest BCUT2D eigenvalue weighted by Gasteiger charge is -2.17. The van der Waals surface area contributed by atoms with Gasteiger partial charge in [0.1, 0.15) is 6.33 Å². The van der Waals surface area contributed by atoms with Crippen molar-refractivity contribution in [1.82, 2.24) is 9.97 Å². The standard InChI is InChI=1S/C7H7N3O3/c1-12-6-5-7(9-3-8-6)13-2-4(11)10-5/h3H,2H2,1H3,(H,10,11). The zero-order valence-electron chi connectivity index (χ0n) is 6.90. The third kappa shape index (κ3) is 1.26. The molecule has 1 aliphatic rings. The maximum atomic E-state index is 10.9. The molecule has 1 N–H and O–H groups in total. The number of rotatable bonds is 1. The molecule has 0 bridgehead atoms. The first-order valence-corrected chi connectivity index (χ1v) is 3.63. The number of carbonyl (C=O) groups is 1. The molecule has 2 heterocycles. The maximum Gasteiger partial charge on any atom is 0.262 e. The number of carbonyl (C=O) groups excluding carboxylic acids is 1. The van der Waals surface area contributed by atoms with Crippen molar-refractivity contribution in [3.63, 3.8) is 0 Å². The Labute approximate surface area is 73.9 Å². The van der Waals surface area contributed by atoms with E-state index >= 15 is 0 Å². The van der Waals surface area contributed by atoms with E-state index in [0.717, 1.165) is 0 Å². The molecule has 0 radical (unpaired) electrons. The van der Waals surface area contributed by atoms with Crippen LogP contribution in [0.1, 0.15) is 0 Å². The Morgan fingerprint density at radius 3 is 3.23 bits per heavy atom. The van der Waals surface area contributed by atoms with Crippen LogP contribution >= 0.6 is 0 Å². The molecule has 0 fully saturated rings. The lowest BCUT2D eigenvalue weighted by Crippen LogP contribution is -2.26. The number of amides is 1. The number of anilines is 1. The van der Waals surface area contributed by atoms with Gasteiger partial charge >= 0.3 is 0 Å². The van der Waals surface area contributed by atoms with E-state index in [1.807, 2.05) is 0 Å². The summed E-state index contributed by atoms with van der Waals surface area (Å²) in [6.45, 7) is -0.0207. The summed E-state index contributed by atoms with van der Waals surface area (Å²) in [4.78, 5) is 18.6. The fraction of sp³-hybridized carbons (Fsp3) is 0.286. The normalized spacial score (nSPS) is 14.1. The molecule has 1 aromatic heterocycles. The van der Waals surface area contributed by atoms with Gasteiger partial charge in [-0.2, -0.15) is 9.97 Å². The maximum absolute atomic E-state index is 10.9. The van der Waals surface area contributed by atoms with Gasteiger partial charge in [0.05, 0.1) is 7.11 Å². The van der Waals surface area contributed by atoms with Crippen LogP contribution in [0.5, 0.6) is 11.8 Å². The third-order valence-electron chi connectivity index (χ3n) is 1.58. The van der Waals surface area contributed by atoms with Gasteiger partial charge in [0.25, 0.3) is 5.91 Å². The summed E-state index contributed by atoms with van der Waals surface area (Å²) < 4.78 is 9.95. The first-order valence-electron chi connectivity index (χ1n) is 3.63. The number of hydrogen-bond donors (Lipinski definition) is 1. The Morgan fingerprint density at radius 2 is 2.46 bits per heavy atom. The van der Waals surface area contributed by atoms with Crippen LogP contribution in [0.15, 0.2) is 6.33 Å². The minimum Gasteiger partial charge on any atom is -0.479 e. The fourth-order valence-corrected chi connectivity index (χ4v) is 1.03. The van der Waals surface area contributed by atoms with Crippen LogP contribution in [0.4, 0.5) is 5.69 Å². The summed E-state index contributed by atoms with van der Waals surface area (Å²) in [5.74, 6) is 0.408. The van der Waals surface area contributed by atoms with E-state index in [9.17, 15) is 4.79 Å². The van der Waals surface area contributed by atoms with Gasteiger partial charge in [-0.1, -0.05) is 0 Å². The zero-order valence-corrected chi connectivity index (χ0v) is 6.90. The molecule has 2 rings (SSSR count). The average molecular weight is 181 g/mol. The molecule has 0 aromatic carbocycles. The van der Waals surface area contributed by atoms with Gasteiger partial charge in [0.15, 0.2) is 12.3 Å². The molecular weight excluding hydrogens is 174 g/mol. The number of fused-ring (bicyclic) bond motifs is 1.